The molecule has 0 aromatic heterocycles. The third kappa shape index (κ3) is 3.89. The zero-order valence-electron chi connectivity index (χ0n) is 14.3. The van der Waals surface area contributed by atoms with E-state index < -0.39 is 0 Å². The monoisotopic (exact) mass is 331 g/mol. The molecule has 1 aromatic carbocycles. The molecule has 1 aromatic rings. The molecule has 1 aliphatic carbocycles. The van der Waals surface area contributed by atoms with Crippen molar-refractivity contribution in [3.63, 3.8) is 0 Å². The Bertz CT molecular complexity index is 613. The third-order valence-electron chi connectivity index (χ3n) is 4.83. The van der Waals surface area contributed by atoms with Crippen LogP contribution in [-0.2, 0) is 27.2 Å². The summed E-state index contributed by atoms with van der Waals surface area (Å²) in [7, 11) is 0. The van der Waals surface area contributed by atoms with Crippen LogP contribution in [0.1, 0.15) is 37.3 Å². The second-order valence-corrected chi connectivity index (χ2v) is 6.50. The summed E-state index contributed by atoms with van der Waals surface area (Å²) in [6.07, 6.45) is 5.04. The fourth-order valence-electron chi connectivity index (χ4n) is 3.53. The number of amides is 1. The highest BCUT2D eigenvalue weighted by molar-refractivity contribution is 5.79. The Balaban J connectivity index is 1.52. The van der Waals surface area contributed by atoms with Gasteiger partial charge in [0.25, 0.3) is 5.91 Å². The van der Waals surface area contributed by atoms with Crippen LogP contribution in [0.2, 0.25) is 0 Å². The first kappa shape index (κ1) is 16.8. The molecular weight excluding hydrogens is 306 g/mol. The van der Waals surface area contributed by atoms with E-state index >= 15 is 0 Å². The highest BCUT2D eigenvalue weighted by Crippen LogP contribution is 2.26. The lowest BCUT2D eigenvalue weighted by molar-refractivity contribution is -0.151. The molecule has 1 fully saturated rings. The lowest BCUT2D eigenvalue weighted by atomic mass is 9.98. The maximum absolute atomic E-state index is 12.4. The molecule has 0 unspecified atom stereocenters. The number of ether oxygens (including phenoxy) is 2. The number of nitrogens with zero attached hydrogens (tertiary/aromatic N) is 1. The fraction of sp³-hybridized carbons (Fsp3) is 0.579. The fourth-order valence-corrected chi connectivity index (χ4v) is 3.53. The minimum absolute atomic E-state index is 0.0222. The summed E-state index contributed by atoms with van der Waals surface area (Å²) in [6, 6.07) is 6.09. The van der Waals surface area contributed by atoms with Gasteiger partial charge in [0.15, 0.2) is 6.61 Å². The molecule has 0 saturated carbocycles. The molecule has 2 aliphatic rings. The second-order valence-electron chi connectivity index (χ2n) is 6.50. The number of benzene rings is 1. The molecular formula is C19H25NO4. The number of likely N-dealkylation sites (tertiary alicyclic amines) is 1. The zero-order valence-corrected chi connectivity index (χ0v) is 14.3. The van der Waals surface area contributed by atoms with Crippen molar-refractivity contribution in [1.82, 2.24) is 4.90 Å². The number of aryl methyl sites for hydroxylation is 2. The van der Waals surface area contributed by atoms with Gasteiger partial charge in [-0.2, -0.15) is 0 Å². The van der Waals surface area contributed by atoms with Crippen LogP contribution in [0.15, 0.2) is 18.2 Å². The van der Waals surface area contributed by atoms with Crippen LogP contribution in [0.25, 0.3) is 0 Å². The molecule has 0 N–H and O–H groups in total. The van der Waals surface area contributed by atoms with Crippen molar-refractivity contribution in [3.8, 4) is 5.75 Å². The molecule has 1 saturated heterocycles. The SMILES string of the molecule is CCOC(=O)[C@H]1CCCN(C(=O)COc2ccc3c(c2)CCC3)C1. The standard InChI is InChI=1S/C19H25NO4/c1-2-23-19(22)16-7-4-10-20(12-16)18(21)13-24-17-9-8-14-5-3-6-15(14)11-17/h8-9,11,16H,2-7,10,12-13H2,1H3/t16-/m0/s1. The first-order valence-electron chi connectivity index (χ1n) is 8.86. The van der Waals surface area contributed by atoms with Crippen LogP contribution >= 0.6 is 0 Å². The molecule has 24 heavy (non-hydrogen) atoms. The maximum atomic E-state index is 12.4. The van der Waals surface area contributed by atoms with Gasteiger partial charge in [-0.1, -0.05) is 6.07 Å². The van der Waals surface area contributed by atoms with Gasteiger partial charge >= 0.3 is 5.97 Å². The Morgan fingerprint density at radius 2 is 2.04 bits per heavy atom. The summed E-state index contributed by atoms with van der Waals surface area (Å²) in [5.74, 6) is 0.282. The molecule has 1 amide bonds. The second kappa shape index (κ2) is 7.69. The highest BCUT2D eigenvalue weighted by Gasteiger charge is 2.29. The van der Waals surface area contributed by atoms with E-state index in [0.717, 1.165) is 31.4 Å². The Labute approximate surface area is 142 Å². The minimum Gasteiger partial charge on any atom is -0.484 e. The van der Waals surface area contributed by atoms with Gasteiger partial charge in [0.05, 0.1) is 12.5 Å². The summed E-state index contributed by atoms with van der Waals surface area (Å²) in [6.45, 7) is 3.32. The van der Waals surface area contributed by atoms with Crippen LogP contribution in [0, 0.1) is 5.92 Å². The molecule has 5 heteroatoms. The Morgan fingerprint density at radius 1 is 1.21 bits per heavy atom. The molecule has 3 rings (SSSR count). The summed E-state index contributed by atoms with van der Waals surface area (Å²) in [4.78, 5) is 26.0. The first-order valence-corrected chi connectivity index (χ1v) is 8.86. The van der Waals surface area contributed by atoms with E-state index in [-0.39, 0.29) is 24.4 Å². The van der Waals surface area contributed by atoms with Crippen molar-refractivity contribution < 1.29 is 19.1 Å². The van der Waals surface area contributed by atoms with E-state index in [9.17, 15) is 9.59 Å². The van der Waals surface area contributed by atoms with Gasteiger partial charge in [-0.15, -0.1) is 0 Å². The zero-order chi connectivity index (χ0) is 16.9. The third-order valence-corrected chi connectivity index (χ3v) is 4.83. The van der Waals surface area contributed by atoms with Crippen LogP contribution in [0.3, 0.4) is 0 Å². The van der Waals surface area contributed by atoms with E-state index in [4.69, 9.17) is 9.47 Å². The van der Waals surface area contributed by atoms with Crippen molar-refractivity contribution >= 4 is 11.9 Å². The van der Waals surface area contributed by atoms with Gasteiger partial charge in [0.1, 0.15) is 5.75 Å². The van der Waals surface area contributed by atoms with E-state index in [1.54, 1.807) is 11.8 Å². The van der Waals surface area contributed by atoms with Gasteiger partial charge in [-0.25, -0.2) is 0 Å². The molecule has 0 radical (unpaired) electrons. The number of fused-ring (bicyclic) bond motifs is 1. The van der Waals surface area contributed by atoms with Crippen molar-refractivity contribution in [1.29, 1.82) is 0 Å². The number of piperidine rings is 1. The largest absolute Gasteiger partial charge is 0.484 e. The van der Waals surface area contributed by atoms with Gasteiger partial charge in [-0.05, 0) is 62.3 Å². The van der Waals surface area contributed by atoms with Crippen LogP contribution in [0.4, 0.5) is 0 Å². The van der Waals surface area contributed by atoms with Crippen molar-refractivity contribution in [3.05, 3.63) is 29.3 Å². The number of carbonyl (C=O) groups excluding carboxylic acids is 2. The summed E-state index contributed by atoms with van der Waals surface area (Å²) in [5, 5.41) is 0. The summed E-state index contributed by atoms with van der Waals surface area (Å²) in [5.41, 5.74) is 2.72. The normalized spacial score (nSPS) is 19.7. The lowest BCUT2D eigenvalue weighted by Gasteiger charge is -2.31. The van der Waals surface area contributed by atoms with Crippen LogP contribution in [0.5, 0.6) is 5.75 Å². The van der Waals surface area contributed by atoms with Crippen molar-refractivity contribution in [2.45, 2.75) is 39.0 Å². The van der Waals surface area contributed by atoms with E-state index in [0.29, 0.717) is 19.7 Å². The molecule has 5 nitrogen and oxygen atoms in total. The maximum Gasteiger partial charge on any atom is 0.310 e. The number of hydrogen-bond donors (Lipinski definition) is 0. The van der Waals surface area contributed by atoms with Crippen molar-refractivity contribution in [2.24, 2.45) is 5.92 Å². The molecule has 1 aliphatic heterocycles. The molecule has 130 valence electrons. The summed E-state index contributed by atoms with van der Waals surface area (Å²) >= 11 is 0. The van der Waals surface area contributed by atoms with Gasteiger partial charge in [0.2, 0.25) is 0 Å². The Morgan fingerprint density at radius 3 is 2.88 bits per heavy atom. The quantitative estimate of drug-likeness (QED) is 0.777. The smallest absolute Gasteiger partial charge is 0.310 e. The summed E-state index contributed by atoms with van der Waals surface area (Å²) < 4.78 is 10.8. The predicted molar refractivity (Wildman–Crippen MR) is 89.9 cm³/mol. The predicted octanol–water partition coefficient (Wildman–Crippen LogP) is 2.36. The van der Waals surface area contributed by atoms with E-state index in [1.165, 1.54) is 17.5 Å². The van der Waals surface area contributed by atoms with Crippen LogP contribution < -0.4 is 4.74 Å². The number of hydrogen-bond acceptors (Lipinski definition) is 4. The van der Waals surface area contributed by atoms with Gasteiger partial charge in [0, 0.05) is 13.1 Å². The lowest BCUT2D eigenvalue weighted by Crippen LogP contribution is -2.44. The van der Waals surface area contributed by atoms with Crippen molar-refractivity contribution in [2.75, 3.05) is 26.3 Å². The Kier molecular flexibility index (Phi) is 5.38. The topological polar surface area (TPSA) is 55.8 Å². The van der Waals surface area contributed by atoms with Gasteiger partial charge < -0.3 is 14.4 Å². The number of rotatable bonds is 5. The van der Waals surface area contributed by atoms with E-state index in [2.05, 4.69) is 6.07 Å². The average Bonchev–Trinajstić information content (AvgIpc) is 3.07. The first-order chi connectivity index (χ1) is 11.7. The Hall–Kier alpha value is -2.04. The van der Waals surface area contributed by atoms with Gasteiger partial charge in [-0.3, -0.25) is 9.59 Å². The molecule has 0 bridgehead atoms. The van der Waals surface area contributed by atoms with E-state index in [1.807, 2.05) is 12.1 Å². The molecule has 1 heterocycles. The highest BCUT2D eigenvalue weighted by atomic mass is 16.5. The molecule has 1 atom stereocenters. The average molecular weight is 331 g/mol. The number of carbonyl (C=O) groups is 2. The minimum atomic E-state index is -0.206. The van der Waals surface area contributed by atoms with Crippen LogP contribution in [-0.4, -0.2) is 43.1 Å². The number of esters is 1. The molecule has 0 spiro atoms.